The van der Waals surface area contributed by atoms with Gasteiger partial charge in [-0.05, 0) is 35.7 Å². The lowest BCUT2D eigenvalue weighted by Gasteiger charge is -2.05. The molecule has 0 saturated heterocycles. The summed E-state index contributed by atoms with van der Waals surface area (Å²) >= 11 is 6.08. The van der Waals surface area contributed by atoms with E-state index in [-0.39, 0.29) is 6.42 Å². The monoisotopic (exact) mass is 287 g/mol. The third-order valence-electron chi connectivity index (χ3n) is 3.61. The van der Waals surface area contributed by atoms with Gasteiger partial charge in [-0.15, -0.1) is 0 Å². The molecule has 2 N–H and O–H groups in total. The number of carboxylic acids is 1. The summed E-state index contributed by atoms with van der Waals surface area (Å²) < 4.78 is 0. The van der Waals surface area contributed by atoms with Crippen molar-refractivity contribution in [2.24, 2.45) is 0 Å². The third kappa shape index (κ3) is 2.04. The molecule has 0 bridgehead atoms. The Morgan fingerprint density at radius 3 is 2.70 bits per heavy atom. The number of carboxylic acid groups (broad SMARTS) is 1. The highest BCUT2D eigenvalue weighted by atomic mass is 35.5. The minimum atomic E-state index is -0.827. The summed E-state index contributed by atoms with van der Waals surface area (Å²) in [6.07, 6.45) is 0.907. The highest BCUT2D eigenvalue weighted by molar-refractivity contribution is 6.32. The molecular formula is C16H14ClNO2. The summed E-state index contributed by atoms with van der Waals surface area (Å²) in [4.78, 5) is 14.4. The number of aromatic amines is 1. The van der Waals surface area contributed by atoms with Gasteiger partial charge < -0.3 is 10.1 Å². The number of rotatable bonds is 3. The van der Waals surface area contributed by atoms with Crippen LogP contribution in [0.25, 0.3) is 21.8 Å². The molecule has 0 radical (unpaired) electrons. The number of aliphatic carboxylic acids is 1. The number of benzene rings is 2. The Morgan fingerprint density at radius 1 is 1.25 bits per heavy atom. The Kier molecular flexibility index (Phi) is 3.14. The van der Waals surface area contributed by atoms with Crippen molar-refractivity contribution in [2.75, 3.05) is 0 Å². The first-order chi connectivity index (χ1) is 9.60. The minimum absolute atomic E-state index is 0.0139. The van der Waals surface area contributed by atoms with Crippen molar-refractivity contribution in [2.45, 2.75) is 19.8 Å². The zero-order chi connectivity index (χ0) is 14.3. The lowest BCUT2D eigenvalue weighted by atomic mass is 9.99. The summed E-state index contributed by atoms with van der Waals surface area (Å²) in [7, 11) is 0. The van der Waals surface area contributed by atoms with Crippen molar-refractivity contribution in [1.82, 2.24) is 4.98 Å². The zero-order valence-corrected chi connectivity index (χ0v) is 11.8. The van der Waals surface area contributed by atoms with Crippen molar-refractivity contribution in [3.05, 3.63) is 46.5 Å². The molecule has 1 heterocycles. The van der Waals surface area contributed by atoms with E-state index in [0.717, 1.165) is 33.8 Å². The minimum Gasteiger partial charge on any atom is -0.481 e. The standard InChI is InChI=1S/C16H14ClNO2/c1-2-9-3-4-10(7-14(19)20)15-12-8-11(17)5-6-13(12)18-16(9)15/h3-6,8,18H,2,7H2,1H3,(H,19,20). The van der Waals surface area contributed by atoms with Crippen molar-refractivity contribution in [3.63, 3.8) is 0 Å². The van der Waals surface area contributed by atoms with E-state index < -0.39 is 5.97 Å². The van der Waals surface area contributed by atoms with Crippen LogP contribution in [-0.2, 0) is 17.6 Å². The number of aryl methyl sites for hydroxylation is 1. The summed E-state index contributed by atoms with van der Waals surface area (Å²) in [5.74, 6) is -0.827. The van der Waals surface area contributed by atoms with Gasteiger partial charge in [-0.2, -0.15) is 0 Å². The Hall–Kier alpha value is -2.00. The van der Waals surface area contributed by atoms with Gasteiger partial charge in [0.1, 0.15) is 0 Å². The fraction of sp³-hybridized carbons (Fsp3) is 0.188. The maximum Gasteiger partial charge on any atom is 0.307 e. The molecule has 3 rings (SSSR count). The summed E-state index contributed by atoms with van der Waals surface area (Å²) in [5, 5.41) is 11.7. The van der Waals surface area contributed by atoms with E-state index in [1.807, 2.05) is 30.3 Å². The molecule has 20 heavy (non-hydrogen) atoms. The van der Waals surface area contributed by atoms with Crippen LogP contribution in [0.2, 0.25) is 5.02 Å². The maximum atomic E-state index is 11.1. The van der Waals surface area contributed by atoms with E-state index in [0.29, 0.717) is 5.02 Å². The van der Waals surface area contributed by atoms with E-state index in [1.54, 1.807) is 0 Å². The smallest absolute Gasteiger partial charge is 0.307 e. The number of hydrogen-bond acceptors (Lipinski definition) is 1. The lowest BCUT2D eigenvalue weighted by Crippen LogP contribution is -2.01. The van der Waals surface area contributed by atoms with Crippen LogP contribution in [0.1, 0.15) is 18.1 Å². The molecule has 0 amide bonds. The molecule has 0 unspecified atom stereocenters. The van der Waals surface area contributed by atoms with Crippen LogP contribution < -0.4 is 0 Å². The van der Waals surface area contributed by atoms with E-state index in [1.165, 1.54) is 5.56 Å². The van der Waals surface area contributed by atoms with Crippen LogP contribution in [0.5, 0.6) is 0 Å². The quantitative estimate of drug-likeness (QED) is 0.760. The fourth-order valence-electron chi connectivity index (χ4n) is 2.71. The van der Waals surface area contributed by atoms with Crippen LogP contribution in [-0.4, -0.2) is 16.1 Å². The SMILES string of the molecule is CCc1ccc(CC(=O)O)c2c1[nH]c1ccc(Cl)cc12. The number of carbonyl (C=O) groups is 1. The Morgan fingerprint density at radius 2 is 2.00 bits per heavy atom. The van der Waals surface area contributed by atoms with Gasteiger partial charge in [-0.25, -0.2) is 0 Å². The largest absolute Gasteiger partial charge is 0.481 e. The molecule has 0 fully saturated rings. The normalized spacial score (nSPS) is 11.3. The number of fused-ring (bicyclic) bond motifs is 3. The number of halogens is 1. The first kappa shape index (κ1) is 13.0. The number of H-pyrrole nitrogens is 1. The van der Waals surface area contributed by atoms with Gasteiger partial charge >= 0.3 is 5.97 Å². The fourth-order valence-corrected chi connectivity index (χ4v) is 2.88. The van der Waals surface area contributed by atoms with Crippen molar-refractivity contribution < 1.29 is 9.90 Å². The average molecular weight is 288 g/mol. The predicted octanol–water partition coefficient (Wildman–Crippen LogP) is 4.16. The zero-order valence-electron chi connectivity index (χ0n) is 11.0. The Labute approximate surface area is 121 Å². The maximum absolute atomic E-state index is 11.1. The summed E-state index contributed by atoms with van der Waals surface area (Å²) in [6, 6.07) is 9.56. The molecule has 3 nitrogen and oxygen atoms in total. The van der Waals surface area contributed by atoms with E-state index in [4.69, 9.17) is 16.7 Å². The number of nitrogens with one attached hydrogen (secondary N) is 1. The molecule has 3 aromatic rings. The summed E-state index contributed by atoms with van der Waals surface area (Å²) in [6.45, 7) is 2.09. The van der Waals surface area contributed by atoms with Crippen molar-refractivity contribution in [1.29, 1.82) is 0 Å². The number of aromatic nitrogens is 1. The van der Waals surface area contributed by atoms with Crippen LogP contribution in [0.4, 0.5) is 0 Å². The van der Waals surface area contributed by atoms with E-state index >= 15 is 0 Å². The molecule has 4 heteroatoms. The molecule has 0 atom stereocenters. The van der Waals surface area contributed by atoms with E-state index in [2.05, 4.69) is 11.9 Å². The highest BCUT2D eigenvalue weighted by Crippen LogP contribution is 2.33. The van der Waals surface area contributed by atoms with Crippen LogP contribution in [0.3, 0.4) is 0 Å². The van der Waals surface area contributed by atoms with Crippen LogP contribution >= 0.6 is 11.6 Å². The van der Waals surface area contributed by atoms with Crippen LogP contribution in [0, 0.1) is 0 Å². The molecule has 0 spiro atoms. The Bertz CT molecular complexity index is 820. The topological polar surface area (TPSA) is 53.1 Å². The molecule has 0 aliphatic rings. The highest BCUT2D eigenvalue weighted by Gasteiger charge is 2.14. The number of hydrogen-bond donors (Lipinski definition) is 2. The van der Waals surface area contributed by atoms with Crippen LogP contribution in [0.15, 0.2) is 30.3 Å². The van der Waals surface area contributed by atoms with Gasteiger partial charge in [0, 0.05) is 26.8 Å². The van der Waals surface area contributed by atoms with Gasteiger partial charge in [0.05, 0.1) is 6.42 Å². The second-order valence-electron chi connectivity index (χ2n) is 4.87. The molecule has 0 aliphatic carbocycles. The third-order valence-corrected chi connectivity index (χ3v) is 3.85. The molecule has 0 aliphatic heterocycles. The summed E-state index contributed by atoms with van der Waals surface area (Å²) in [5.41, 5.74) is 4.00. The molecule has 1 aromatic heterocycles. The predicted molar refractivity (Wildman–Crippen MR) is 81.5 cm³/mol. The average Bonchev–Trinajstić information content (AvgIpc) is 2.77. The van der Waals surface area contributed by atoms with Crippen molar-refractivity contribution in [3.8, 4) is 0 Å². The molecule has 2 aromatic carbocycles. The molecule has 102 valence electrons. The molecule has 0 saturated carbocycles. The van der Waals surface area contributed by atoms with Crippen molar-refractivity contribution >= 4 is 39.4 Å². The van der Waals surface area contributed by atoms with Gasteiger partial charge in [-0.1, -0.05) is 30.7 Å². The van der Waals surface area contributed by atoms with Gasteiger partial charge in [0.15, 0.2) is 0 Å². The first-order valence-corrected chi connectivity index (χ1v) is 6.91. The van der Waals surface area contributed by atoms with E-state index in [9.17, 15) is 4.79 Å². The van der Waals surface area contributed by atoms with Gasteiger partial charge in [0.2, 0.25) is 0 Å². The molecular weight excluding hydrogens is 274 g/mol. The van der Waals surface area contributed by atoms with Gasteiger partial charge in [-0.3, -0.25) is 4.79 Å². The second-order valence-corrected chi connectivity index (χ2v) is 5.31. The Balaban J connectivity index is 2.43. The lowest BCUT2D eigenvalue weighted by molar-refractivity contribution is -0.136. The first-order valence-electron chi connectivity index (χ1n) is 6.53. The van der Waals surface area contributed by atoms with Gasteiger partial charge in [0.25, 0.3) is 0 Å². The second kappa shape index (κ2) is 4.84.